The summed E-state index contributed by atoms with van der Waals surface area (Å²) < 4.78 is 0. The van der Waals surface area contributed by atoms with Gasteiger partial charge in [-0.2, -0.15) is 0 Å². The Labute approximate surface area is 162 Å². The number of aliphatic hydroxyl groups is 1. The van der Waals surface area contributed by atoms with Crippen molar-refractivity contribution in [3.63, 3.8) is 0 Å². The van der Waals surface area contributed by atoms with E-state index in [-0.39, 0.29) is 18.9 Å². The van der Waals surface area contributed by atoms with Crippen LogP contribution < -0.4 is 11.5 Å². The zero-order chi connectivity index (χ0) is 19.5. The van der Waals surface area contributed by atoms with Crippen molar-refractivity contribution in [2.45, 2.75) is 116 Å². The smallest absolute Gasteiger partial charge is 0.139 e. The third-order valence-electron chi connectivity index (χ3n) is 5.43. The lowest BCUT2D eigenvalue weighted by atomic mass is 9.93. The average Bonchev–Trinajstić information content (AvgIpc) is 2.65. The standard InChI is InChI=1S/C22H46N2O2/c1-2-3-4-5-6-7-8-9-10-11-12-13-14-15-16-17-22(26)20(19-25)21(24)18-23/h20-21,25H,2-19,23-24H2,1H3. The average molecular weight is 371 g/mol. The summed E-state index contributed by atoms with van der Waals surface area (Å²) >= 11 is 0. The number of carbonyl (C=O) groups is 1. The van der Waals surface area contributed by atoms with E-state index in [1.807, 2.05) is 0 Å². The van der Waals surface area contributed by atoms with Crippen LogP contribution in [0.25, 0.3) is 0 Å². The van der Waals surface area contributed by atoms with E-state index in [1.165, 1.54) is 83.5 Å². The molecule has 4 heteroatoms. The van der Waals surface area contributed by atoms with Crippen LogP contribution in [0.1, 0.15) is 110 Å². The molecule has 2 atom stereocenters. The first-order valence-corrected chi connectivity index (χ1v) is 11.3. The SMILES string of the molecule is CCCCCCCCCCCCCCCCCC(=O)C(CO)C(N)CN. The van der Waals surface area contributed by atoms with Crippen molar-refractivity contribution in [2.24, 2.45) is 17.4 Å². The predicted molar refractivity (Wildman–Crippen MR) is 112 cm³/mol. The quantitative estimate of drug-likeness (QED) is 0.271. The van der Waals surface area contributed by atoms with Gasteiger partial charge in [0.25, 0.3) is 0 Å². The second-order valence-corrected chi connectivity index (χ2v) is 7.85. The van der Waals surface area contributed by atoms with Gasteiger partial charge in [0.05, 0.1) is 12.5 Å². The summed E-state index contributed by atoms with van der Waals surface area (Å²) in [5.74, 6) is -0.410. The molecule has 156 valence electrons. The minimum atomic E-state index is -0.480. The summed E-state index contributed by atoms with van der Waals surface area (Å²) in [6.07, 6.45) is 20.3. The van der Waals surface area contributed by atoms with E-state index >= 15 is 0 Å². The van der Waals surface area contributed by atoms with Gasteiger partial charge in [0, 0.05) is 19.0 Å². The van der Waals surface area contributed by atoms with E-state index < -0.39 is 12.0 Å². The molecule has 0 aliphatic rings. The molecule has 0 fully saturated rings. The minimum Gasteiger partial charge on any atom is -0.396 e. The van der Waals surface area contributed by atoms with Gasteiger partial charge in [0.2, 0.25) is 0 Å². The van der Waals surface area contributed by atoms with Crippen LogP contribution in [0.5, 0.6) is 0 Å². The fourth-order valence-electron chi connectivity index (χ4n) is 3.50. The molecule has 0 aromatic carbocycles. The molecule has 0 saturated heterocycles. The molecule has 5 N–H and O–H groups in total. The first kappa shape index (κ1) is 25.6. The van der Waals surface area contributed by atoms with Crippen LogP contribution in [0.4, 0.5) is 0 Å². The van der Waals surface area contributed by atoms with Gasteiger partial charge in [0.1, 0.15) is 5.78 Å². The monoisotopic (exact) mass is 370 g/mol. The highest BCUT2D eigenvalue weighted by molar-refractivity contribution is 5.81. The molecule has 4 nitrogen and oxygen atoms in total. The molecule has 0 saturated carbocycles. The lowest BCUT2D eigenvalue weighted by Crippen LogP contribution is -2.43. The van der Waals surface area contributed by atoms with E-state index in [1.54, 1.807) is 0 Å². The summed E-state index contributed by atoms with van der Waals surface area (Å²) in [7, 11) is 0. The maximum Gasteiger partial charge on any atom is 0.139 e. The number of unbranched alkanes of at least 4 members (excludes halogenated alkanes) is 14. The minimum absolute atomic E-state index is 0.0696. The molecule has 0 spiro atoms. The van der Waals surface area contributed by atoms with Gasteiger partial charge in [-0.25, -0.2) is 0 Å². The molecule has 0 bridgehead atoms. The Balaban J connectivity index is 3.32. The van der Waals surface area contributed by atoms with E-state index in [0.717, 1.165) is 12.8 Å². The highest BCUT2D eigenvalue weighted by Gasteiger charge is 2.22. The molecule has 0 rings (SSSR count). The van der Waals surface area contributed by atoms with Crippen molar-refractivity contribution in [3.8, 4) is 0 Å². The van der Waals surface area contributed by atoms with E-state index in [0.29, 0.717) is 6.42 Å². The summed E-state index contributed by atoms with van der Waals surface area (Å²) in [6, 6.07) is -0.413. The Hall–Kier alpha value is -0.450. The van der Waals surface area contributed by atoms with Gasteiger partial charge in [-0.05, 0) is 6.42 Å². The maximum absolute atomic E-state index is 12.0. The molecule has 0 radical (unpaired) electrons. The van der Waals surface area contributed by atoms with Crippen molar-refractivity contribution < 1.29 is 9.90 Å². The summed E-state index contributed by atoms with van der Waals surface area (Å²) in [4.78, 5) is 12.0. The third-order valence-corrected chi connectivity index (χ3v) is 5.43. The molecule has 0 aliphatic heterocycles. The first-order chi connectivity index (χ1) is 12.7. The van der Waals surface area contributed by atoms with Gasteiger partial charge >= 0.3 is 0 Å². The van der Waals surface area contributed by atoms with E-state index in [9.17, 15) is 9.90 Å². The largest absolute Gasteiger partial charge is 0.396 e. The highest BCUT2D eigenvalue weighted by Crippen LogP contribution is 2.14. The van der Waals surface area contributed by atoms with Crippen molar-refractivity contribution >= 4 is 5.78 Å². The van der Waals surface area contributed by atoms with Crippen LogP contribution in [0.15, 0.2) is 0 Å². The fraction of sp³-hybridized carbons (Fsp3) is 0.955. The summed E-state index contributed by atoms with van der Waals surface area (Å²) in [5.41, 5.74) is 11.3. The summed E-state index contributed by atoms with van der Waals surface area (Å²) in [6.45, 7) is 2.33. The van der Waals surface area contributed by atoms with Crippen molar-refractivity contribution in [2.75, 3.05) is 13.2 Å². The number of ketones is 1. The molecule has 0 aromatic heterocycles. The molecule has 26 heavy (non-hydrogen) atoms. The normalized spacial score (nSPS) is 13.7. The number of aliphatic hydroxyl groups excluding tert-OH is 1. The van der Waals surface area contributed by atoms with E-state index in [2.05, 4.69) is 6.92 Å². The van der Waals surface area contributed by atoms with Crippen LogP contribution >= 0.6 is 0 Å². The molecule has 0 aromatic rings. The molecule has 2 unspecified atom stereocenters. The Morgan fingerprint density at radius 2 is 1.15 bits per heavy atom. The van der Waals surface area contributed by atoms with Gasteiger partial charge in [0.15, 0.2) is 0 Å². The van der Waals surface area contributed by atoms with Crippen molar-refractivity contribution in [3.05, 3.63) is 0 Å². The topological polar surface area (TPSA) is 89.3 Å². The van der Waals surface area contributed by atoms with Crippen LogP contribution in [-0.4, -0.2) is 30.1 Å². The fourth-order valence-corrected chi connectivity index (χ4v) is 3.50. The van der Waals surface area contributed by atoms with Gasteiger partial charge in [-0.1, -0.05) is 96.8 Å². The van der Waals surface area contributed by atoms with Crippen LogP contribution in [0.2, 0.25) is 0 Å². The number of hydrogen-bond donors (Lipinski definition) is 3. The van der Waals surface area contributed by atoms with Crippen LogP contribution in [0, 0.1) is 5.92 Å². The Bertz CT molecular complexity index is 311. The molecular formula is C22H46N2O2. The lowest BCUT2D eigenvalue weighted by molar-refractivity contribution is -0.124. The van der Waals surface area contributed by atoms with Crippen molar-refractivity contribution in [1.29, 1.82) is 0 Å². The third kappa shape index (κ3) is 14.7. The summed E-state index contributed by atoms with van der Waals surface area (Å²) in [5, 5.41) is 9.27. The Morgan fingerprint density at radius 3 is 1.50 bits per heavy atom. The van der Waals surface area contributed by atoms with Gasteiger partial charge in [-0.15, -0.1) is 0 Å². The van der Waals surface area contributed by atoms with E-state index in [4.69, 9.17) is 11.5 Å². The second-order valence-electron chi connectivity index (χ2n) is 7.85. The molecular weight excluding hydrogens is 324 g/mol. The van der Waals surface area contributed by atoms with Crippen molar-refractivity contribution in [1.82, 2.24) is 0 Å². The molecule has 0 amide bonds. The maximum atomic E-state index is 12.0. The number of nitrogens with two attached hydrogens (primary N) is 2. The number of hydrogen-bond acceptors (Lipinski definition) is 4. The second kappa shape index (κ2) is 19.3. The molecule has 0 heterocycles. The van der Waals surface area contributed by atoms with Crippen LogP contribution in [0.3, 0.4) is 0 Å². The zero-order valence-corrected chi connectivity index (χ0v) is 17.4. The predicted octanol–water partition coefficient (Wildman–Crippen LogP) is 4.71. The number of rotatable bonds is 20. The van der Waals surface area contributed by atoms with Gasteiger partial charge < -0.3 is 16.6 Å². The molecule has 0 aliphatic carbocycles. The number of carbonyl (C=O) groups excluding carboxylic acids is 1. The lowest BCUT2D eigenvalue weighted by Gasteiger charge is -2.19. The Morgan fingerprint density at radius 1 is 0.769 bits per heavy atom. The number of Topliss-reactive ketones (excluding diaryl/α,β-unsaturated/α-hetero) is 1. The highest BCUT2D eigenvalue weighted by atomic mass is 16.3. The van der Waals surface area contributed by atoms with Gasteiger partial charge in [-0.3, -0.25) is 4.79 Å². The Kier molecular flexibility index (Phi) is 19.0. The first-order valence-electron chi connectivity index (χ1n) is 11.3. The zero-order valence-electron chi connectivity index (χ0n) is 17.4. The van der Waals surface area contributed by atoms with Crippen LogP contribution in [-0.2, 0) is 4.79 Å².